The molecule has 7 rings (SSSR count). The number of fused-ring (bicyclic) bond motifs is 3. The van der Waals surface area contributed by atoms with Crippen molar-refractivity contribution in [3.05, 3.63) is 47.4 Å². The van der Waals surface area contributed by atoms with Gasteiger partial charge in [-0.15, -0.1) is 6.42 Å². The molecule has 2 atom stereocenters. The second kappa shape index (κ2) is 11.1. The largest absolute Gasteiger partial charge is 0.508 e. The normalized spacial score (nSPS) is 22.3. The summed E-state index contributed by atoms with van der Waals surface area (Å²) in [7, 11) is 0. The average molecular weight is 608 g/mol. The van der Waals surface area contributed by atoms with Crippen LogP contribution in [0.2, 0.25) is 0 Å². The molecular formula is C32H29F4N5O3. The van der Waals surface area contributed by atoms with Gasteiger partial charge < -0.3 is 19.5 Å². The highest BCUT2D eigenvalue weighted by Crippen LogP contribution is 2.42. The van der Waals surface area contributed by atoms with Crippen molar-refractivity contribution in [3.63, 3.8) is 0 Å². The van der Waals surface area contributed by atoms with Gasteiger partial charge in [-0.1, -0.05) is 5.92 Å². The predicted molar refractivity (Wildman–Crippen MR) is 156 cm³/mol. The second-order valence-corrected chi connectivity index (χ2v) is 11.6. The standard InChI is InChI=1S/C32H29F4N5O3/c1-2-21-25-18(12-24(34)26(21)35)11-20(42)13-22(25)28-27(36)29-23(15-37-28)30(40-6-4-9-43-10-8-40)39-31(38-29)44-17-32-5-3-7-41(32)16-19(33)14-32/h1,11-13,15,19,42H,3-10,14,16-17H2/t19-,32+/m1/s1. The fraction of sp³-hybridized carbons (Fsp3) is 0.406. The quantitative estimate of drug-likeness (QED) is 0.247. The number of rotatable bonds is 5. The Bertz CT molecular complexity index is 1820. The number of phenolic OH excluding ortho intramolecular Hbond substituents is 1. The molecule has 3 fully saturated rings. The minimum Gasteiger partial charge on any atom is -0.508 e. The third kappa shape index (κ3) is 4.75. The molecule has 2 aromatic carbocycles. The van der Waals surface area contributed by atoms with Gasteiger partial charge in [0.1, 0.15) is 35.6 Å². The number of alkyl halides is 1. The summed E-state index contributed by atoms with van der Waals surface area (Å²) < 4.78 is 71.9. The fourth-order valence-electron chi connectivity index (χ4n) is 6.91. The first kappa shape index (κ1) is 28.6. The van der Waals surface area contributed by atoms with Crippen molar-refractivity contribution in [1.82, 2.24) is 19.9 Å². The number of hydrogen-bond acceptors (Lipinski definition) is 8. The molecule has 0 saturated carbocycles. The molecule has 3 aliphatic rings. The summed E-state index contributed by atoms with van der Waals surface area (Å²) in [5.41, 5.74) is -1.31. The Kier molecular flexibility index (Phi) is 7.17. The van der Waals surface area contributed by atoms with E-state index >= 15 is 4.39 Å². The number of phenols is 1. The summed E-state index contributed by atoms with van der Waals surface area (Å²) in [6, 6.07) is 3.23. The maximum atomic E-state index is 16.6. The molecule has 0 aliphatic carbocycles. The highest BCUT2D eigenvalue weighted by molar-refractivity contribution is 6.03. The Hall–Kier alpha value is -4.21. The molecule has 12 heteroatoms. The lowest BCUT2D eigenvalue weighted by molar-refractivity contribution is 0.107. The predicted octanol–water partition coefficient (Wildman–Crippen LogP) is 5.13. The molecular weight excluding hydrogens is 578 g/mol. The average Bonchev–Trinajstić information content (AvgIpc) is 3.38. The van der Waals surface area contributed by atoms with E-state index in [0.717, 1.165) is 31.9 Å². The Morgan fingerprint density at radius 1 is 1.09 bits per heavy atom. The zero-order valence-electron chi connectivity index (χ0n) is 23.8. The van der Waals surface area contributed by atoms with Gasteiger partial charge in [-0.2, -0.15) is 9.97 Å². The van der Waals surface area contributed by atoms with Crippen LogP contribution in [0.25, 0.3) is 32.9 Å². The SMILES string of the molecule is C#Cc1c(F)c(F)cc2cc(O)cc(-c3ncc4c(N5CCCOCC5)nc(OC[C@@]56CCCN5C[C@H](F)C6)nc4c3F)c12. The summed E-state index contributed by atoms with van der Waals surface area (Å²) in [5, 5.41) is 10.8. The summed E-state index contributed by atoms with van der Waals surface area (Å²) in [4.78, 5) is 17.5. The van der Waals surface area contributed by atoms with Gasteiger partial charge in [-0.25, -0.2) is 17.6 Å². The molecule has 2 aromatic heterocycles. The van der Waals surface area contributed by atoms with Crippen LogP contribution in [0.5, 0.6) is 11.8 Å². The number of aromatic nitrogens is 3. The number of halogens is 4. The molecule has 3 saturated heterocycles. The van der Waals surface area contributed by atoms with Crippen LogP contribution in [0.3, 0.4) is 0 Å². The van der Waals surface area contributed by atoms with E-state index < -0.39 is 34.7 Å². The van der Waals surface area contributed by atoms with Gasteiger partial charge in [0.05, 0.1) is 23.1 Å². The highest BCUT2D eigenvalue weighted by Gasteiger charge is 2.49. The molecule has 5 heterocycles. The first-order chi connectivity index (χ1) is 21.3. The summed E-state index contributed by atoms with van der Waals surface area (Å²) in [5.74, 6) is -1.10. The van der Waals surface area contributed by atoms with E-state index in [1.165, 1.54) is 18.3 Å². The number of anilines is 1. The number of ether oxygens (including phenoxy) is 2. The first-order valence-corrected chi connectivity index (χ1v) is 14.6. The van der Waals surface area contributed by atoms with Crippen molar-refractivity contribution in [2.75, 3.05) is 50.9 Å². The van der Waals surface area contributed by atoms with E-state index in [9.17, 15) is 18.3 Å². The van der Waals surface area contributed by atoms with Crippen LogP contribution in [-0.4, -0.2) is 82.7 Å². The van der Waals surface area contributed by atoms with Crippen LogP contribution in [-0.2, 0) is 4.74 Å². The molecule has 0 bridgehead atoms. The van der Waals surface area contributed by atoms with Crippen LogP contribution >= 0.6 is 0 Å². The lowest BCUT2D eigenvalue weighted by atomic mass is 9.95. The molecule has 228 valence electrons. The van der Waals surface area contributed by atoms with Crippen LogP contribution in [0.15, 0.2) is 24.4 Å². The Morgan fingerprint density at radius 2 is 1.95 bits per heavy atom. The van der Waals surface area contributed by atoms with Gasteiger partial charge in [0.15, 0.2) is 17.5 Å². The van der Waals surface area contributed by atoms with E-state index in [4.69, 9.17) is 15.9 Å². The lowest BCUT2D eigenvalue weighted by Gasteiger charge is -2.31. The number of benzene rings is 2. The van der Waals surface area contributed by atoms with Crippen LogP contribution in [0, 0.1) is 29.8 Å². The van der Waals surface area contributed by atoms with Crippen molar-refractivity contribution in [1.29, 1.82) is 0 Å². The zero-order valence-corrected chi connectivity index (χ0v) is 23.8. The van der Waals surface area contributed by atoms with Crippen LogP contribution in [0.4, 0.5) is 23.4 Å². The Labute approximate surface area is 250 Å². The zero-order chi connectivity index (χ0) is 30.6. The van der Waals surface area contributed by atoms with E-state index in [2.05, 4.69) is 25.8 Å². The van der Waals surface area contributed by atoms with E-state index in [0.29, 0.717) is 50.5 Å². The van der Waals surface area contributed by atoms with Crippen molar-refractivity contribution in [2.45, 2.75) is 37.4 Å². The summed E-state index contributed by atoms with van der Waals surface area (Å²) in [6.07, 6.45) is 8.79. The monoisotopic (exact) mass is 607 g/mol. The smallest absolute Gasteiger partial charge is 0.319 e. The number of pyridine rings is 1. The first-order valence-electron chi connectivity index (χ1n) is 14.6. The summed E-state index contributed by atoms with van der Waals surface area (Å²) in [6.45, 7) is 3.38. The third-order valence-electron chi connectivity index (χ3n) is 8.91. The Balaban J connectivity index is 1.39. The molecule has 4 aromatic rings. The van der Waals surface area contributed by atoms with E-state index in [1.54, 1.807) is 0 Å². The van der Waals surface area contributed by atoms with E-state index in [1.807, 2.05) is 4.90 Å². The van der Waals surface area contributed by atoms with Gasteiger partial charge in [-0.05, 0) is 49.4 Å². The summed E-state index contributed by atoms with van der Waals surface area (Å²) >= 11 is 0. The van der Waals surface area contributed by atoms with Crippen LogP contribution in [0.1, 0.15) is 31.2 Å². The number of nitrogens with zero attached hydrogens (tertiary/aromatic N) is 5. The third-order valence-corrected chi connectivity index (χ3v) is 8.91. The van der Waals surface area contributed by atoms with Gasteiger partial charge in [0, 0.05) is 49.8 Å². The van der Waals surface area contributed by atoms with Gasteiger partial charge in [0.2, 0.25) is 0 Å². The fourth-order valence-corrected chi connectivity index (χ4v) is 6.91. The van der Waals surface area contributed by atoms with Crippen molar-refractivity contribution >= 4 is 27.5 Å². The number of hydrogen-bond donors (Lipinski definition) is 1. The molecule has 0 radical (unpaired) electrons. The van der Waals surface area contributed by atoms with E-state index in [-0.39, 0.29) is 45.9 Å². The molecule has 1 N–H and O–H groups in total. The second-order valence-electron chi connectivity index (χ2n) is 11.6. The number of aromatic hydroxyl groups is 1. The molecule has 0 unspecified atom stereocenters. The van der Waals surface area contributed by atoms with Crippen molar-refractivity contribution < 1.29 is 32.1 Å². The minimum atomic E-state index is -1.26. The van der Waals surface area contributed by atoms with Crippen molar-refractivity contribution in [3.8, 4) is 35.4 Å². The molecule has 0 spiro atoms. The topological polar surface area (TPSA) is 83.8 Å². The van der Waals surface area contributed by atoms with Gasteiger partial charge in [0.25, 0.3) is 0 Å². The number of terminal acetylenes is 1. The molecule has 0 amide bonds. The van der Waals surface area contributed by atoms with Gasteiger partial charge >= 0.3 is 6.01 Å². The van der Waals surface area contributed by atoms with Gasteiger partial charge in [-0.3, -0.25) is 9.88 Å². The maximum Gasteiger partial charge on any atom is 0.319 e. The molecule has 44 heavy (non-hydrogen) atoms. The van der Waals surface area contributed by atoms with Crippen LogP contribution < -0.4 is 9.64 Å². The molecule has 3 aliphatic heterocycles. The highest BCUT2D eigenvalue weighted by atomic mass is 19.2. The molecule has 8 nitrogen and oxygen atoms in total. The lowest BCUT2D eigenvalue weighted by Crippen LogP contribution is -2.43. The maximum absolute atomic E-state index is 16.6. The van der Waals surface area contributed by atoms with Crippen molar-refractivity contribution in [2.24, 2.45) is 0 Å². The Morgan fingerprint density at radius 3 is 2.80 bits per heavy atom. The minimum absolute atomic E-state index is 0.0211.